The molecule has 1 aromatic carbocycles. The molecule has 0 aliphatic heterocycles. The van der Waals surface area contributed by atoms with E-state index in [1.807, 2.05) is 30.3 Å². The Labute approximate surface area is 81.2 Å². The Balaban J connectivity index is 2.33. The van der Waals surface area contributed by atoms with Gasteiger partial charge in [0, 0.05) is 0 Å². The minimum atomic E-state index is -0.717. The van der Waals surface area contributed by atoms with Crippen LogP contribution in [-0.2, 0) is 10.2 Å². The number of rotatable bonds is 4. The lowest BCUT2D eigenvalue weighted by Crippen LogP contribution is -2.12. The zero-order chi connectivity index (χ0) is 8.81. The van der Waals surface area contributed by atoms with Gasteiger partial charge in [-0.15, -0.1) is 0 Å². The van der Waals surface area contributed by atoms with E-state index in [1.54, 1.807) is 0 Å². The maximum Gasteiger partial charge on any atom is 0.465 e. The van der Waals surface area contributed by atoms with Gasteiger partial charge in [0.1, 0.15) is 0 Å². The Bertz CT molecular complexity index is 218. The molecule has 0 spiro atoms. The van der Waals surface area contributed by atoms with Gasteiger partial charge in [0.2, 0.25) is 0 Å². The highest BCUT2D eigenvalue weighted by atomic mass is 79.9. The minimum absolute atomic E-state index is 0.606. The molecule has 0 saturated carbocycles. The van der Waals surface area contributed by atoms with Gasteiger partial charge in [0.25, 0.3) is 0 Å². The molecule has 12 heavy (non-hydrogen) atoms. The van der Waals surface area contributed by atoms with Crippen molar-refractivity contribution in [3.63, 3.8) is 0 Å². The van der Waals surface area contributed by atoms with Crippen LogP contribution in [0.4, 0.5) is 0 Å². The van der Waals surface area contributed by atoms with Crippen LogP contribution in [0.3, 0.4) is 0 Å². The second-order valence-corrected chi connectivity index (χ2v) is 2.94. The Kier molecular flexibility index (Phi) is 4.36. The van der Waals surface area contributed by atoms with Gasteiger partial charge >= 0.3 is 7.12 Å². The molecule has 1 aromatic rings. The number of aryl methyl sites for hydroxylation is 1. The Morgan fingerprint density at radius 3 is 2.58 bits per heavy atom. The highest BCUT2D eigenvalue weighted by molar-refractivity contribution is 9.06. The molecule has 0 bridgehead atoms. The van der Waals surface area contributed by atoms with E-state index in [0.717, 1.165) is 6.42 Å². The number of halogens is 1. The molecule has 0 aliphatic carbocycles. The van der Waals surface area contributed by atoms with Gasteiger partial charge in [-0.05, 0) is 18.3 Å². The zero-order valence-corrected chi connectivity index (χ0v) is 8.20. The summed E-state index contributed by atoms with van der Waals surface area (Å²) in [4.78, 5) is 0. The van der Waals surface area contributed by atoms with Gasteiger partial charge in [-0.25, -0.2) is 0 Å². The summed E-state index contributed by atoms with van der Waals surface area (Å²) in [5, 5.41) is 9.05. The first-order valence-corrected chi connectivity index (χ1v) is 4.47. The van der Waals surface area contributed by atoms with Gasteiger partial charge in [0.15, 0.2) is 0 Å². The Hall–Kier alpha value is -0.315. The van der Waals surface area contributed by atoms with E-state index in [1.165, 1.54) is 5.56 Å². The topological polar surface area (TPSA) is 29.5 Å². The summed E-state index contributed by atoms with van der Waals surface area (Å²) in [5.74, 6) is 0. The van der Waals surface area contributed by atoms with Crippen LogP contribution in [0.2, 0.25) is 6.32 Å². The van der Waals surface area contributed by atoms with E-state index >= 15 is 0 Å². The van der Waals surface area contributed by atoms with Crippen LogP contribution >= 0.6 is 16.3 Å². The third-order valence-electron chi connectivity index (χ3n) is 1.63. The SMILES string of the molecule is OB(CCc1ccccc1)OBr. The van der Waals surface area contributed by atoms with E-state index in [-0.39, 0.29) is 0 Å². The van der Waals surface area contributed by atoms with Gasteiger partial charge in [-0.2, -0.15) is 0 Å². The molecule has 0 heterocycles. The average molecular weight is 229 g/mol. The van der Waals surface area contributed by atoms with E-state index in [0.29, 0.717) is 6.32 Å². The normalized spacial score (nSPS) is 9.83. The third kappa shape index (κ3) is 3.39. The molecule has 0 saturated heterocycles. The van der Waals surface area contributed by atoms with E-state index in [2.05, 4.69) is 20.0 Å². The average Bonchev–Trinajstić information content (AvgIpc) is 2.16. The van der Waals surface area contributed by atoms with Crippen molar-refractivity contribution < 1.29 is 8.77 Å². The highest BCUT2D eigenvalue weighted by Crippen LogP contribution is 2.05. The number of benzene rings is 1. The van der Waals surface area contributed by atoms with Gasteiger partial charge < -0.3 is 8.77 Å². The zero-order valence-electron chi connectivity index (χ0n) is 6.61. The Morgan fingerprint density at radius 1 is 1.33 bits per heavy atom. The Morgan fingerprint density at radius 2 is 2.00 bits per heavy atom. The van der Waals surface area contributed by atoms with Crippen molar-refractivity contribution in [2.45, 2.75) is 12.7 Å². The molecule has 0 aliphatic rings. The van der Waals surface area contributed by atoms with E-state index < -0.39 is 7.12 Å². The standard InChI is InChI=1S/C8H10BBrO2/c10-12-9(11)7-6-8-4-2-1-3-5-8/h1-5,11H,6-7H2. The quantitative estimate of drug-likeness (QED) is 0.800. The molecule has 4 heteroatoms. The first kappa shape index (κ1) is 9.77. The van der Waals surface area contributed by atoms with Crippen molar-refractivity contribution in [2.24, 2.45) is 0 Å². The lowest BCUT2D eigenvalue weighted by Gasteiger charge is -2.01. The summed E-state index contributed by atoms with van der Waals surface area (Å²) < 4.78 is 4.54. The molecule has 0 aromatic heterocycles. The second-order valence-electron chi connectivity index (χ2n) is 2.57. The van der Waals surface area contributed by atoms with Gasteiger partial charge in [-0.3, -0.25) is 0 Å². The van der Waals surface area contributed by atoms with Crippen LogP contribution in [0, 0.1) is 0 Å². The van der Waals surface area contributed by atoms with Crippen LogP contribution < -0.4 is 0 Å². The molecule has 0 unspecified atom stereocenters. The molecule has 2 nitrogen and oxygen atoms in total. The van der Waals surface area contributed by atoms with E-state index in [9.17, 15) is 0 Å². The summed E-state index contributed by atoms with van der Waals surface area (Å²) in [6.45, 7) is 0. The second kappa shape index (κ2) is 5.35. The number of hydrogen-bond acceptors (Lipinski definition) is 2. The summed E-state index contributed by atoms with van der Waals surface area (Å²) in [7, 11) is -0.717. The fraction of sp³-hybridized carbons (Fsp3) is 0.250. The van der Waals surface area contributed by atoms with Crippen LogP contribution in [-0.4, -0.2) is 12.1 Å². The fourth-order valence-electron chi connectivity index (χ4n) is 0.979. The predicted molar refractivity (Wildman–Crippen MR) is 52.9 cm³/mol. The van der Waals surface area contributed by atoms with Crippen LogP contribution in [0.1, 0.15) is 5.56 Å². The highest BCUT2D eigenvalue weighted by Gasteiger charge is 2.10. The third-order valence-corrected chi connectivity index (χ3v) is 2.06. The van der Waals surface area contributed by atoms with Crippen LogP contribution in [0.5, 0.6) is 0 Å². The first-order chi connectivity index (χ1) is 5.83. The summed E-state index contributed by atoms with van der Waals surface area (Å²) >= 11 is 2.74. The first-order valence-electron chi connectivity index (χ1n) is 3.82. The smallest absolute Gasteiger partial charge is 0.426 e. The van der Waals surface area contributed by atoms with Crippen molar-refractivity contribution in [1.82, 2.24) is 0 Å². The summed E-state index contributed by atoms with van der Waals surface area (Å²) in [5.41, 5.74) is 1.21. The molecule has 0 atom stereocenters. The summed E-state index contributed by atoms with van der Waals surface area (Å²) in [6, 6.07) is 10.00. The molecule has 0 amide bonds. The molecule has 1 rings (SSSR count). The van der Waals surface area contributed by atoms with Gasteiger partial charge in [-0.1, -0.05) is 30.3 Å². The lowest BCUT2D eigenvalue weighted by atomic mass is 9.83. The molecule has 0 fully saturated rings. The molecule has 64 valence electrons. The molecule has 1 N–H and O–H groups in total. The largest absolute Gasteiger partial charge is 0.465 e. The van der Waals surface area contributed by atoms with Crippen LogP contribution in [0.25, 0.3) is 0 Å². The fourth-order valence-corrected chi connectivity index (χ4v) is 1.17. The van der Waals surface area contributed by atoms with Crippen LogP contribution in [0.15, 0.2) is 30.3 Å². The van der Waals surface area contributed by atoms with Gasteiger partial charge in [0.05, 0.1) is 16.3 Å². The predicted octanol–water partition coefficient (Wildman–Crippen LogP) is 2.04. The maximum absolute atomic E-state index is 9.05. The van der Waals surface area contributed by atoms with Crippen molar-refractivity contribution in [2.75, 3.05) is 0 Å². The van der Waals surface area contributed by atoms with Crippen molar-refractivity contribution in [3.8, 4) is 0 Å². The van der Waals surface area contributed by atoms with E-state index in [4.69, 9.17) is 5.02 Å². The van der Waals surface area contributed by atoms with Crippen molar-refractivity contribution in [3.05, 3.63) is 35.9 Å². The summed E-state index contributed by atoms with van der Waals surface area (Å²) in [6.07, 6.45) is 1.43. The monoisotopic (exact) mass is 228 g/mol. The molecular weight excluding hydrogens is 219 g/mol. The van der Waals surface area contributed by atoms with Crippen molar-refractivity contribution in [1.29, 1.82) is 0 Å². The number of hydrogen-bond donors (Lipinski definition) is 1. The molecular formula is C8H10BBrO2. The van der Waals surface area contributed by atoms with Crippen molar-refractivity contribution >= 4 is 23.4 Å². The minimum Gasteiger partial charge on any atom is -0.426 e. The molecule has 0 radical (unpaired) electrons. The lowest BCUT2D eigenvalue weighted by molar-refractivity contribution is 0.458. The maximum atomic E-state index is 9.05.